The summed E-state index contributed by atoms with van der Waals surface area (Å²) >= 11 is 0. The fraction of sp³-hybridized carbons (Fsp3) is 0.938. The molecule has 1 fully saturated rings. The average molecular weight is 283 g/mol. The molecule has 0 aromatic rings. The Morgan fingerprint density at radius 2 is 1.75 bits per heavy atom. The second kappa shape index (κ2) is 8.63. The molecule has 1 amide bonds. The van der Waals surface area contributed by atoms with E-state index in [0.717, 1.165) is 25.6 Å². The van der Waals surface area contributed by atoms with Crippen LogP contribution in [0.1, 0.15) is 47.0 Å². The summed E-state index contributed by atoms with van der Waals surface area (Å²) < 4.78 is 0. The van der Waals surface area contributed by atoms with Gasteiger partial charge >= 0.3 is 0 Å². The Hall–Kier alpha value is -0.610. The topological polar surface area (TPSA) is 35.6 Å². The summed E-state index contributed by atoms with van der Waals surface area (Å²) in [5, 5.41) is 3.22. The van der Waals surface area contributed by atoms with Crippen LogP contribution < -0.4 is 5.32 Å². The van der Waals surface area contributed by atoms with Gasteiger partial charge in [-0.05, 0) is 79.6 Å². The normalized spacial score (nSPS) is 17.9. The molecule has 118 valence electrons. The summed E-state index contributed by atoms with van der Waals surface area (Å²) in [5.41, 5.74) is 0. The van der Waals surface area contributed by atoms with E-state index >= 15 is 0 Å². The molecule has 1 saturated heterocycles. The predicted molar refractivity (Wildman–Crippen MR) is 84.8 cm³/mol. The molecule has 1 aliphatic heterocycles. The molecule has 1 N–H and O–H groups in total. The van der Waals surface area contributed by atoms with Crippen molar-refractivity contribution in [2.45, 2.75) is 59.0 Å². The first kappa shape index (κ1) is 17.4. The highest BCUT2D eigenvalue weighted by Gasteiger charge is 2.25. The highest BCUT2D eigenvalue weighted by atomic mass is 16.2. The lowest BCUT2D eigenvalue weighted by atomic mass is 9.93. The number of carbonyl (C=O) groups is 1. The second-order valence-electron chi connectivity index (χ2n) is 6.60. The summed E-state index contributed by atoms with van der Waals surface area (Å²) in [6.45, 7) is 12.2. The number of nitrogens with one attached hydrogen (secondary N) is 1. The predicted octanol–water partition coefficient (Wildman–Crippen LogP) is 1.95. The third-order valence-electron chi connectivity index (χ3n) is 4.27. The Kier molecular flexibility index (Phi) is 7.52. The van der Waals surface area contributed by atoms with E-state index in [1.165, 1.54) is 19.3 Å². The van der Waals surface area contributed by atoms with Gasteiger partial charge in [0.25, 0.3) is 0 Å². The van der Waals surface area contributed by atoms with E-state index in [1.54, 1.807) is 0 Å². The summed E-state index contributed by atoms with van der Waals surface area (Å²) in [4.78, 5) is 16.8. The summed E-state index contributed by atoms with van der Waals surface area (Å²) in [6.07, 6.45) is 3.74. The van der Waals surface area contributed by atoms with Gasteiger partial charge in [0.1, 0.15) is 0 Å². The maximum atomic E-state index is 12.4. The third-order valence-corrected chi connectivity index (χ3v) is 4.27. The van der Waals surface area contributed by atoms with Crippen molar-refractivity contribution < 1.29 is 4.79 Å². The molecule has 0 aromatic heterocycles. The van der Waals surface area contributed by atoms with Crippen LogP contribution in [0.25, 0.3) is 0 Å². The molecule has 4 nitrogen and oxygen atoms in total. The average Bonchev–Trinajstić information content (AvgIpc) is 2.37. The van der Waals surface area contributed by atoms with Gasteiger partial charge in [0.2, 0.25) is 5.91 Å². The van der Waals surface area contributed by atoms with Gasteiger partial charge in [-0.1, -0.05) is 0 Å². The Labute approximate surface area is 124 Å². The lowest BCUT2D eigenvalue weighted by Gasteiger charge is -2.36. The molecule has 1 rings (SSSR count). The smallest absolute Gasteiger partial charge is 0.237 e. The lowest BCUT2D eigenvalue weighted by Crippen LogP contribution is -2.48. The molecule has 0 atom stereocenters. The fourth-order valence-corrected chi connectivity index (χ4v) is 3.23. The van der Waals surface area contributed by atoms with Crippen LogP contribution in [-0.2, 0) is 4.79 Å². The second-order valence-corrected chi connectivity index (χ2v) is 6.60. The quantitative estimate of drug-likeness (QED) is 0.776. The Morgan fingerprint density at radius 3 is 2.20 bits per heavy atom. The molecule has 0 saturated carbocycles. The van der Waals surface area contributed by atoms with E-state index in [1.807, 2.05) is 11.9 Å². The highest BCUT2D eigenvalue weighted by molar-refractivity contribution is 5.78. The molecular formula is C16H33N3O. The van der Waals surface area contributed by atoms with Crippen LogP contribution >= 0.6 is 0 Å². The minimum atomic E-state index is 0.281. The number of rotatable bonds is 7. The van der Waals surface area contributed by atoms with Crippen LogP contribution in [0.4, 0.5) is 0 Å². The number of amides is 1. The molecule has 0 spiro atoms. The first-order valence-corrected chi connectivity index (χ1v) is 8.13. The molecule has 4 heteroatoms. The monoisotopic (exact) mass is 283 g/mol. The van der Waals surface area contributed by atoms with Crippen LogP contribution in [0.15, 0.2) is 0 Å². The molecule has 0 bridgehead atoms. The van der Waals surface area contributed by atoms with E-state index < -0.39 is 0 Å². The molecule has 0 radical (unpaired) electrons. The molecular weight excluding hydrogens is 250 g/mol. The van der Waals surface area contributed by atoms with Crippen LogP contribution in [0, 0.1) is 5.92 Å². The number of piperidine rings is 1. The van der Waals surface area contributed by atoms with E-state index in [0.29, 0.717) is 6.54 Å². The van der Waals surface area contributed by atoms with Crippen LogP contribution in [0.2, 0.25) is 0 Å². The number of hydrogen-bond donors (Lipinski definition) is 1. The van der Waals surface area contributed by atoms with Crippen molar-refractivity contribution in [1.29, 1.82) is 0 Å². The van der Waals surface area contributed by atoms with Gasteiger partial charge in [0, 0.05) is 12.1 Å². The van der Waals surface area contributed by atoms with E-state index in [-0.39, 0.29) is 18.0 Å². The van der Waals surface area contributed by atoms with Crippen molar-refractivity contribution in [1.82, 2.24) is 15.1 Å². The molecule has 1 heterocycles. The van der Waals surface area contributed by atoms with Gasteiger partial charge in [-0.3, -0.25) is 9.69 Å². The zero-order valence-corrected chi connectivity index (χ0v) is 14.0. The van der Waals surface area contributed by atoms with E-state index in [9.17, 15) is 4.79 Å². The fourth-order valence-electron chi connectivity index (χ4n) is 3.23. The van der Waals surface area contributed by atoms with Gasteiger partial charge in [0.05, 0.1) is 6.54 Å². The first-order chi connectivity index (χ1) is 9.45. The highest BCUT2D eigenvalue weighted by Crippen LogP contribution is 2.20. The van der Waals surface area contributed by atoms with Crippen LogP contribution in [0.3, 0.4) is 0 Å². The summed E-state index contributed by atoms with van der Waals surface area (Å²) in [5.74, 6) is 1.11. The lowest BCUT2D eigenvalue weighted by molar-refractivity contribution is -0.136. The summed E-state index contributed by atoms with van der Waals surface area (Å²) in [6, 6.07) is 0.575. The number of hydrogen-bond acceptors (Lipinski definition) is 3. The van der Waals surface area contributed by atoms with Crippen molar-refractivity contribution in [2.75, 3.05) is 33.2 Å². The van der Waals surface area contributed by atoms with Gasteiger partial charge in [-0.2, -0.15) is 0 Å². The Balaban J connectivity index is 2.37. The van der Waals surface area contributed by atoms with E-state index in [4.69, 9.17) is 0 Å². The van der Waals surface area contributed by atoms with Crippen molar-refractivity contribution in [2.24, 2.45) is 5.92 Å². The number of likely N-dealkylation sites (tertiary alicyclic amines) is 1. The SMILES string of the molecule is CNCCC1CCN(CC(=O)N(C(C)C)C(C)C)CC1. The van der Waals surface area contributed by atoms with Crippen molar-refractivity contribution in [3.63, 3.8) is 0 Å². The standard InChI is InChI=1S/C16H33N3O/c1-13(2)19(14(3)4)16(20)12-18-10-7-15(8-11-18)6-9-17-5/h13-15,17H,6-12H2,1-5H3. The molecule has 0 unspecified atom stereocenters. The molecule has 1 aliphatic rings. The zero-order chi connectivity index (χ0) is 15.1. The molecule has 0 aromatic carbocycles. The molecule has 0 aliphatic carbocycles. The minimum absolute atomic E-state index is 0.281. The number of nitrogens with zero attached hydrogens (tertiary/aromatic N) is 2. The van der Waals surface area contributed by atoms with Gasteiger partial charge in [-0.25, -0.2) is 0 Å². The molecule has 20 heavy (non-hydrogen) atoms. The minimum Gasteiger partial charge on any atom is -0.337 e. The van der Waals surface area contributed by atoms with Crippen LogP contribution in [0.5, 0.6) is 0 Å². The van der Waals surface area contributed by atoms with Crippen LogP contribution in [-0.4, -0.2) is 61.0 Å². The van der Waals surface area contributed by atoms with Crippen molar-refractivity contribution >= 4 is 5.91 Å². The van der Waals surface area contributed by atoms with Crippen molar-refractivity contribution in [3.05, 3.63) is 0 Å². The zero-order valence-electron chi connectivity index (χ0n) is 14.0. The van der Waals surface area contributed by atoms with Crippen molar-refractivity contribution in [3.8, 4) is 0 Å². The maximum Gasteiger partial charge on any atom is 0.237 e. The van der Waals surface area contributed by atoms with Gasteiger partial charge in [-0.15, -0.1) is 0 Å². The Bertz CT molecular complexity index is 275. The maximum absolute atomic E-state index is 12.4. The number of carbonyl (C=O) groups excluding carboxylic acids is 1. The van der Waals surface area contributed by atoms with Gasteiger partial charge < -0.3 is 10.2 Å². The first-order valence-electron chi connectivity index (χ1n) is 8.13. The van der Waals surface area contributed by atoms with Gasteiger partial charge in [0.15, 0.2) is 0 Å². The van der Waals surface area contributed by atoms with E-state index in [2.05, 4.69) is 37.9 Å². The summed E-state index contributed by atoms with van der Waals surface area (Å²) in [7, 11) is 2.01. The third kappa shape index (κ3) is 5.41. The largest absolute Gasteiger partial charge is 0.337 e. The Morgan fingerprint density at radius 1 is 1.20 bits per heavy atom.